The van der Waals surface area contributed by atoms with Crippen LogP contribution in [-0.2, 0) is 6.42 Å². The normalized spacial score (nSPS) is 30.3. The molecule has 1 saturated heterocycles. The van der Waals surface area contributed by atoms with E-state index in [1.807, 2.05) is 12.1 Å². The molecule has 2 unspecified atom stereocenters. The zero-order valence-electron chi connectivity index (χ0n) is 9.41. The summed E-state index contributed by atoms with van der Waals surface area (Å²) in [5, 5.41) is 13.9. The molecular formula is C12H17BrN2O. The highest BCUT2D eigenvalue weighted by Crippen LogP contribution is 2.27. The lowest BCUT2D eigenvalue weighted by molar-refractivity contribution is -0.0336. The highest BCUT2D eigenvalue weighted by molar-refractivity contribution is 9.10. The first-order chi connectivity index (χ1) is 7.60. The van der Waals surface area contributed by atoms with Gasteiger partial charge in [0.15, 0.2) is 0 Å². The van der Waals surface area contributed by atoms with E-state index in [0.717, 1.165) is 29.7 Å². The van der Waals surface area contributed by atoms with E-state index in [-0.39, 0.29) is 5.92 Å². The molecule has 16 heavy (non-hydrogen) atoms. The summed E-state index contributed by atoms with van der Waals surface area (Å²) in [4.78, 5) is 4.32. The van der Waals surface area contributed by atoms with E-state index in [0.29, 0.717) is 6.42 Å². The van der Waals surface area contributed by atoms with Crippen LogP contribution in [0.15, 0.2) is 22.8 Å². The van der Waals surface area contributed by atoms with Gasteiger partial charge in [0.1, 0.15) is 0 Å². The molecule has 3 nitrogen and oxygen atoms in total. The third-order valence-electron chi connectivity index (χ3n) is 3.38. The Bertz CT molecular complexity index is 355. The van der Waals surface area contributed by atoms with Crippen LogP contribution in [0.3, 0.4) is 0 Å². The number of aliphatic hydroxyl groups is 1. The van der Waals surface area contributed by atoms with Gasteiger partial charge in [-0.15, -0.1) is 0 Å². The van der Waals surface area contributed by atoms with E-state index in [1.54, 1.807) is 6.20 Å². The SMILES string of the molecule is CC1CNCCC1(O)Cc1ccc(Br)cn1. The lowest BCUT2D eigenvalue weighted by atomic mass is 9.79. The predicted molar refractivity (Wildman–Crippen MR) is 67.2 cm³/mol. The molecule has 0 saturated carbocycles. The van der Waals surface area contributed by atoms with Gasteiger partial charge in [0, 0.05) is 29.3 Å². The molecule has 0 radical (unpaired) electrons. The zero-order chi connectivity index (χ0) is 11.6. The maximum absolute atomic E-state index is 10.6. The Morgan fingerprint density at radius 3 is 3.06 bits per heavy atom. The number of pyridine rings is 1. The number of halogens is 1. The van der Waals surface area contributed by atoms with Crippen LogP contribution in [0.1, 0.15) is 19.0 Å². The van der Waals surface area contributed by atoms with Crippen LogP contribution in [0.5, 0.6) is 0 Å². The summed E-state index contributed by atoms with van der Waals surface area (Å²) in [6.07, 6.45) is 3.22. The Balaban J connectivity index is 2.10. The standard InChI is InChI=1S/C12H17BrN2O/c1-9-7-14-5-4-12(9,16)6-11-3-2-10(13)8-15-11/h2-3,8-9,14,16H,4-7H2,1H3. The molecular weight excluding hydrogens is 268 g/mol. The molecule has 1 fully saturated rings. The van der Waals surface area contributed by atoms with Gasteiger partial charge in [-0.2, -0.15) is 0 Å². The van der Waals surface area contributed by atoms with E-state index >= 15 is 0 Å². The van der Waals surface area contributed by atoms with Crippen molar-refractivity contribution in [3.05, 3.63) is 28.5 Å². The third kappa shape index (κ3) is 2.62. The molecule has 1 aromatic heterocycles. The van der Waals surface area contributed by atoms with Crippen molar-refractivity contribution in [3.63, 3.8) is 0 Å². The minimum atomic E-state index is -0.605. The van der Waals surface area contributed by atoms with Gasteiger partial charge in [0.05, 0.1) is 5.60 Å². The Morgan fingerprint density at radius 1 is 1.62 bits per heavy atom. The third-order valence-corrected chi connectivity index (χ3v) is 3.85. The summed E-state index contributed by atoms with van der Waals surface area (Å²) in [7, 11) is 0. The number of piperidine rings is 1. The topological polar surface area (TPSA) is 45.1 Å². The molecule has 0 aromatic carbocycles. The van der Waals surface area contributed by atoms with Crippen molar-refractivity contribution in [3.8, 4) is 0 Å². The molecule has 88 valence electrons. The van der Waals surface area contributed by atoms with Crippen molar-refractivity contribution < 1.29 is 5.11 Å². The highest BCUT2D eigenvalue weighted by Gasteiger charge is 2.36. The second-order valence-corrected chi connectivity index (χ2v) is 5.52. The zero-order valence-corrected chi connectivity index (χ0v) is 11.0. The monoisotopic (exact) mass is 284 g/mol. The molecule has 1 aromatic rings. The molecule has 2 rings (SSSR count). The molecule has 2 heterocycles. The summed E-state index contributed by atoms with van der Waals surface area (Å²) in [5.74, 6) is 0.270. The number of hydrogen-bond donors (Lipinski definition) is 2. The molecule has 0 aliphatic carbocycles. The average molecular weight is 285 g/mol. The minimum absolute atomic E-state index is 0.270. The van der Waals surface area contributed by atoms with Crippen LogP contribution < -0.4 is 5.32 Å². The highest BCUT2D eigenvalue weighted by atomic mass is 79.9. The number of aromatic nitrogens is 1. The van der Waals surface area contributed by atoms with Crippen LogP contribution in [0.25, 0.3) is 0 Å². The van der Waals surface area contributed by atoms with Crippen LogP contribution >= 0.6 is 15.9 Å². The van der Waals surface area contributed by atoms with E-state index in [4.69, 9.17) is 0 Å². The first kappa shape index (κ1) is 12.0. The molecule has 0 amide bonds. The second kappa shape index (κ2) is 4.82. The maximum Gasteiger partial charge on any atom is 0.0752 e. The first-order valence-electron chi connectivity index (χ1n) is 5.64. The molecule has 1 aliphatic heterocycles. The molecule has 0 bridgehead atoms. The fraction of sp³-hybridized carbons (Fsp3) is 0.583. The van der Waals surface area contributed by atoms with Crippen molar-refractivity contribution in [1.29, 1.82) is 0 Å². The summed E-state index contributed by atoms with van der Waals surface area (Å²) in [6.45, 7) is 3.86. The molecule has 0 spiro atoms. The molecule has 4 heteroatoms. The largest absolute Gasteiger partial charge is 0.389 e. The molecule has 2 atom stereocenters. The van der Waals surface area contributed by atoms with E-state index in [2.05, 4.69) is 33.2 Å². The summed E-state index contributed by atoms with van der Waals surface area (Å²) < 4.78 is 0.974. The summed E-state index contributed by atoms with van der Waals surface area (Å²) in [5.41, 5.74) is 0.353. The van der Waals surface area contributed by atoms with Crippen molar-refractivity contribution in [2.24, 2.45) is 5.92 Å². The quantitative estimate of drug-likeness (QED) is 0.870. The Labute approximate surface area is 104 Å². The number of nitrogens with one attached hydrogen (secondary N) is 1. The number of rotatable bonds is 2. The summed E-state index contributed by atoms with van der Waals surface area (Å²) in [6, 6.07) is 3.94. The molecule has 1 aliphatic rings. The second-order valence-electron chi connectivity index (χ2n) is 4.60. The van der Waals surface area contributed by atoms with E-state index in [1.165, 1.54) is 0 Å². The van der Waals surface area contributed by atoms with Crippen molar-refractivity contribution >= 4 is 15.9 Å². The minimum Gasteiger partial charge on any atom is -0.389 e. The van der Waals surface area contributed by atoms with Gasteiger partial charge >= 0.3 is 0 Å². The Morgan fingerprint density at radius 2 is 2.44 bits per heavy atom. The van der Waals surface area contributed by atoms with Crippen LogP contribution in [0.2, 0.25) is 0 Å². The molecule has 2 N–H and O–H groups in total. The van der Waals surface area contributed by atoms with Gasteiger partial charge in [0.2, 0.25) is 0 Å². The Kier molecular flexibility index (Phi) is 3.62. The van der Waals surface area contributed by atoms with Gasteiger partial charge in [-0.25, -0.2) is 0 Å². The lowest BCUT2D eigenvalue weighted by Gasteiger charge is -2.38. The van der Waals surface area contributed by atoms with Crippen LogP contribution in [0, 0.1) is 5.92 Å². The fourth-order valence-electron chi connectivity index (χ4n) is 2.15. The van der Waals surface area contributed by atoms with Crippen LogP contribution in [0.4, 0.5) is 0 Å². The fourth-order valence-corrected chi connectivity index (χ4v) is 2.38. The van der Waals surface area contributed by atoms with E-state index in [9.17, 15) is 5.11 Å². The number of nitrogens with zero attached hydrogens (tertiary/aromatic N) is 1. The van der Waals surface area contributed by atoms with E-state index < -0.39 is 5.60 Å². The van der Waals surface area contributed by atoms with Gasteiger partial charge in [-0.3, -0.25) is 4.98 Å². The van der Waals surface area contributed by atoms with Crippen molar-refractivity contribution in [2.75, 3.05) is 13.1 Å². The van der Waals surface area contributed by atoms with Gasteiger partial charge in [-0.1, -0.05) is 6.92 Å². The van der Waals surface area contributed by atoms with Gasteiger partial charge < -0.3 is 10.4 Å². The first-order valence-corrected chi connectivity index (χ1v) is 6.43. The predicted octanol–water partition coefficient (Wildman–Crippen LogP) is 1.75. The van der Waals surface area contributed by atoms with Crippen molar-refractivity contribution in [1.82, 2.24) is 10.3 Å². The van der Waals surface area contributed by atoms with Gasteiger partial charge in [0.25, 0.3) is 0 Å². The average Bonchev–Trinajstić information content (AvgIpc) is 2.26. The van der Waals surface area contributed by atoms with Gasteiger partial charge in [-0.05, 0) is 46.9 Å². The number of hydrogen-bond acceptors (Lipinski definition) is 3. The van der Waals surface area contributed by atoms with Crippen LogP contribution in [-0.4, -0.2) is 28.8 Å². The Hall–Kier alpha value is -0.450. The van der Waals surface area contributed by atoms with Crippen molar-refractivity contribution in [2.45, 2.75) is 25.4 Å². The lowest BCUT2D eigenvalue weighted by Crippen LogP contribution is -2.50. The smallest absolute Gasteiger partial charge is 0.0752 e. The summed E-state index contributed by atoms with van der Waals surface area (Å²) >= 11 is 3.36. The maximum atomic E-state index is 10.6.